The lowest BCUT2D eigenvalue weighted by Gasteiger charge is -2.13. The molecule has 1 amide bonds. The predicted molar refractivity (Wildman–Crippen MR) is 132 cm³/mol. The van der Waals surface area contributed by atoms with Crippen LogP contribution in [-0.2, 0) is 17.9 Å². The van der Waals surface area contributed by atoms with E-state index in [1.54, 1.807) is 12.1 Å². The van der Waals surface area contributed by atoms with Crippen molar-refractivity contribution in [3.63, 3.8) is 0 Å². The Labute approximate surface area is 197 Å². The number of aromatic nitrogens is 3. The molecule has 8 heteroatoms. The molecule has 1 N–H and O–H groups in total. The van der Waals surface area contributed by atoms with Crippen molar-refractivity contribution < 1.29 is 4.79 Å². The standard InChI is InChI=1S/C25H26ClN5O2/c1-16-17(2)31(21-11-7-19(26)8-12-21)24-23(16)25(33)30(15-28-24)14-22(32)27-13-18-5-9-20(10-6-18)29(3)4/h5-12,15H,13-14H2,1-4H3,(H,27,32). The summed E-state index contributed by atoms with van der Waals surface area (Å²) < 4.78 is 3.29. The zero-order valence-corrected chi connectivity index (χ0v) is 19.8. The molecule has 0 spiro atoms. The maximum Gasteiger partial charge on any atom is 0.263 e. The van der Waals surface area contributed by atoms with Crippen LogP contribution in [0.2, 0.25) is 5.02 Å². The summed E-state index contributed by atoms with van der Waals surface area (Å²) in [6.07, 6.45) is 1.43. The molecule has 0 aliphatic rings. The molecular weight excluding hydrogens is 438 g/mol. The average Bonchev–Trinajstić information content (AvgIpc) is 3.06. The van der Waals surface area contributed by atoms with E-state index in [0.29, 0.717) is 22.6 Å². The van der Waals surface area contributed by atoms with Gasteiger partial charge in [-0.25, -0.2) is 4.98 Å². The molecule has 2 aromatic heterocycles. The zero-order valence-electron chi connectivity index (χ0n) is 19.1. The molecular formula is C25H26ClN5O2. The molecule has 0 bridgehead atoms. The maximum atomic E-state index is 13.2. The van der Waals surface area contributed by atoms with E-state index in [0.717, 1.165) is 28.2 Å². The predicted octanol–water partition coefficient (Wildman–Crippen LogP) is 3.84. The van der Waals surface area contributed by atoms with E-state index in [1.807, 2.05) is 73.8 Å². The fourth-order valence-corrected chi connectivity index (χ4v) is 3.95. The van der Waals surface area contributed by atoms with Crippen molar-refractivity contribution >= 4 is 34.2 Å². The number of fused-ring (bicyclic) bond motifs is 1. The van der Waals surface area contributed by atoms with Crippen LogP contribution in [0.1, 0.15) is 16.8 Å². The van der Waals surface area contributed by atoms with Gasteiger partial charge in [0.15, 0.2) is 5.65 Å². The molecule has 0 unspecified atom stereocenters. The highest BCUT2D eigenvalue weighted by Crippen LogP contribution is 2.25. The van der Waals surface area contributed by atoms with E-state index in [4.69, 9.17) is 11.6 Å². The number of rotatable bonds is 6. The highest BCUT2D eigenvalue weighted by Gasteiger charge is 2.18. The van der Waals surface area contributed by atoms with Crippen LogP contribution in [0.3, 0.4) is 0 Å². The third-order valence-electron chi connectivity index (χ3n) is 5.82. The molecule has 0 atom stereocenters. The summed E-state index contributed by atoms with van der Waals surface area (Å²) in [6.45, 7) is 4.14. The lowest BCUT2D eigenvalue weighted by molar-refractivity contribution is -0.121. The van der Waals surface area contributed by atoms with Crippen LogP contribution in [0, 0.1) is 13.8 Å². The molecule has 4 rings (SSSR count). The van der Waals surface area contributed by atoms with E-state index < -0.39 is 0 Å². The van der Waals surface area contributed by atoms with Gasteiger partial charge in [0.1, 0.15) is 12.9 Å². The van der Waals surface area contributed by atoms with Gasteiger partial charge in [0.2, 0.25) is 5.91 Å². The fourth-order valence-electron chi connectivity index (χ4n) is 3.83. The first-order valence-electron chi connectivity index (χ1n) is 10.6. The van der Waals surface area contributed by atoms with Crippen molar-refractivity contribution in [2.45, 2.75) is 26.9 Å². The second kappa shape index (κ2) is 9.11. The van der Waals surface area contributed by atoms with Gasteiger partial charge in [0.25, 0.3) is 5.56 Å². The summed E-state index contributed by atoms with van der Waals surface area (Å²) in [7, 11) is 3.96. The minimum atomic E-state index is -0.249. The number of carbonyl (C=O) groups excluding carboxylic acids is 1. The molecule has 0 fully saturated rings. The maximum absolute atomic E-state index is 13.2. The number of carbonyl (C=O) groups is 1. The van der Waals surface area contributed by atoms with Crippen LogP contribution in [0.25, 0.3) is 16.7 Å². The van der Waals surface area contributed by atoms with Gasteiger partial charge in [-0.15, -0.1) is 0 Å². The first-order valence-corrected chi connectivity index (χ1v) is 11.0. The molecule has 0 saturated heterocycles. The second-order valence-corrected chi connectivity index (χ2v) is 8.67. The molecule has 7 nitrogen and oxygen atoms in total. The summed E-state index contributed by atoms with van der Waals surface area (Å²) in [5.74, 6) is -0.249. The third-order valence-corrected chi connectivity index (χ3v) is 6.08. The number of nitrogens with zero attached hydrogens (tertiary/aromatic N) is 4. The molecule has 2 heterocycles. The van der Waals surface area contributed by atoms with E-state index in [1.165, 1.54) is 10.9 Å². The Hall–Kier alpha value is -3.58. The number of hydrogen-bond donors (Lipinski definition) is 1. The Kier molecular flexibility index (Phi) is 6.24. The Morgan fingerprint density at radius 2 is 1.73 bits per heavy atom. The van der Waals surface area contributed by atoms with Gasteiger partial charge in [-0.05, 0) is 61.4 Å². The molecule has 0 aliphatic carbocycles. The van der Waals surface area contributed by atoms with Gasteiger partial charge in [0.05, 0.1) is 5.39 Å². The number of hydrogen-bond acceptors (Lipinski definition) is 4. The first kappa shape index (κ1) is 22.6. The lowest BCUT2D eigenvalue weighted by Crippen LogP contribution is -2.32. The van der Waals surface area contributed by atoms with Gasteiger partial charge < -0.3 is 10.2 Å². The number of amides is 1. The Balaban J connectivity index is 1.56. The Bertz CT molecular complexity index is 1370. The third kappa shape index (κ3) is 4.50. The van der Waals surface area contributed by atoms with E-state index in [2.05, 4.69) is 10.3 Å². The van der Waals surface area contributed by atoms with Crippen molar-refractivity contribution in [3.05, 3.63) is 87.1 Å². The lowest BCUT2D eigenvalue weighted by atomic mass is 10.2. The summed E-state index contributed by atoms with van der Waals surface area (Å²) in [6, 6.07) is 15.3. The van der Waals surface area contributed by atoms with Crippen molar-refractivity contribution in [2.75, 3.05) is 19.0 Å². The largest absolute Gasteiger partial charge is 0.378 e. The number of halogens is 1. The van der Waals surface area contributed by atoms with Gasteiger partial charge >= 0.3 is 0 Å². The quantitative estimate of drug-likeness (QED) is 0.471. The van der Waals surface area contributed by atoms with Crippen molar-refractivity contribution in [1.29, 1.82) is 0 Å². The summed E-state index contributed by atoms with van der Waals surface area (Å²) in [5, 5.41) is 4.03. The number of nitrogens with one attached hydrogen (secondary N) is 1. The van der Waals surface area contributed by atoms with Gasteiger partial charge in [-0.2, -0.15) is 0 Å². The van der Waals surface area contributed by atoms with Crippen molar-refractivity contribution in [1.82, 2.24) is 19.4 Å². The number of anilines is 1. The minimum Gasteiger partial charge on any atom is -0.378 e. The van der Waals surface area contributed by atoms with Crippen LogP contribution in [0.4, 0.5) is 5.69 Å². The highest BCUT2D eigenvalue weighted by molar-refractivity contribution is 6.30. The number of aryl methyl sites for hydroxylation is 1. The van der Waals surface area contributed by atoms with Crippen molar-refractivity contribution in [3.8, 4) is 5.69 Å². The molecule has 4 aromatic rings. The number of benzene rings is 2. The normalized spacial score (nSPS) is 11.1. The van der Waals surface area contributed by atoms with Crippen LogP contribution in [-0.4, -0.2) is 34.1 Å². The molecule has 33 heavy (non-hydrogen) atoms. The first-order chi connectivity index (χ1) is 15.8. The molecule has 0 aliphatic heterocycles. The summed E-state index contributed by atoms with van der Waals surface area (Å²) >= 11 is 6.02. The van der Waals surface area contributed by atoms with E-state index in [-0.39, 0.29) is 18.0 Å². The second-order valence-electron chi connectivity index (χ2n) is 8.24. The van der Waals surface area contributed by atoms with Crippen LogP contribution in [0.15, 0.2) is 59.7 Å². The van der Waals surface area contributed by atoms with Crippen LogP contribution >= 0.6 is 11.6 Å². The summed E-state index contributed by atoms with van der Waals surface area (Å²) in [5.41, 5.74) is 5.04. The molecule has 0 saturated carbocycles. The SMILES string of the molecule is Cc1c(C)n(-c2ccc(Cl)cc2)c2ncn(CC(=O)NCc3ccc(N(C)C)cc3)c(=O)c12. The minimum absolute atomic E-state index is 0.0951. The van der Waals surface area contributed by atoms with Crippen LogP contribution in [0.5, 0.6) is 0 Å². The van der Waals surface area contributed by atoms with Gasteiger partial charge in [-0.1, -0.05) is 23.7 Å². The van der Waals surface area contributed by atoms with E-state index in [9.17, 15) is 9.59 Å². The average molecular weight is 464 g/mol. The van der Waals surface area contributed by atoms with Gasteiger partial charge in [-0.3, -0.25) is 18.7 Å². The zero-order chi connectivity index (χ0) is 23.7. The molecule has 2 aromatic carbocycles. The summed E-state index contributed by atoms with van der Waals surface area (Å²) in [4.78, 5) is 32.3. The molecule has 0 radical (unpaired) electrons. The van der Waals surface area contributed by atoms with Gasteiger partial charge in [0, 0.05) is 42.7 Å². The molecule has 170 valence electrons. The Morgan fingerprint density at radius 3 is 2.36 bits per heavy atom. The fraction of sp³-hybridized carbons (Fsp3) is 0.240. The van der Waals surface area contributed by atoms with Crippen LogP contribution < -0.4 is 15.8 Å². The smallest absolute Gasteiger partial charge is 0.263 e. The monoisotopic (exact) mass is 463 g/mol. The topological polar surface area (TPSA) is 72.2 Å². The van der Waals surface area contributed by atoms with Crippen molar-refractivity contribution in [2.24, 2.45) is 0 Å². The van der Waals surface area contributed by atoms with E-state index >= 15 is 0 Å². The Morgan fingerprint density at radius 1 is 1.06 bits per heavy atom. The highest BCUT2D eigenvalue weighted by atomic mass is 35.5.